The summed E-state index contributed by atoms with van der Waals surface area (Å²) < 4.78 is 14.3. The van der Waals surface area contributed by atoms with Crippen LogP contribution in [0.5, 0.6) is 0 Å². The van der Waals surface area contributed by atoms with Crippen LogP contribution in [-0.2, 0) is 0 Å². The van der Waals surface area contributed by atoms with Gasteiger partial charge in [-0.2, -0.15) is 0 Å². The Morgan fingerprint density at radius 2 is 2.08 bits per heavy atom. The number of hydrogen-bond acceptors (Lipinski definition) is 4. The number of hydrogen-bond donors (Lipinski definition) is 1. The molecule has 0 fully saturated rings. The third kappa shape index (κ3) is 3.34. The highest BCUT2D eigenvalue weighted by molar-refractivity contribution is 7.98. The smallest absolute Gasteiger partial charge is 0.132 e. The molecule has 0 saturated carbocycles. The van der Waals surface area contributed by atoms with Gasteiger partial charge in [0.1, 0.15) is 11.7 Å². The molecule has 5 heteroatoms. The predicted molar refractivity (Wildman–Crippen MR) is 99.1 cm³/mol. The number of amidine groups is 1. The second kappa shape index (κ2) is 7.33. The van der Waals surface area contributed by atoms with Crippen molar-refractivity contribution in [3.8, 4) is 12.3 Å². The van der Waals surface area contributed by atoms with Crippen LogP contribution in [-0.4, -0.2) is 30.9 Å². The second-order valence-electron chi connectivity index (χ2n) is 5.14. The predicted octanol–water partition coefficient (Wildman–Crippen LogP) is 3.65. The Morgan fingerprint density at radius 1 is 1.25 bits per heavy atom. The van der Waals surface area contributed by atoms with Crippen LogP contribution >= 0.6 is 11.8 Å². The number of nitrogens with zero attached hydrogens (tertiary/aromatic N) is 2. The average Bonchev–Trinajstić information content (AvgIpc) is 2.79. The Balaban J connectivity index is 2.14. The number of rotatable bonds is 3. The molecule has 3 rings (SSSR count). The molecule has 0 unspecified atom stereocenters. The number of terminal acetylenes is 1. The molecule has 120 valence electrons. The van der Waals surface area contributed by atoms with Gasteiger partial charge < -0.3 is 5.32 Å². The monoisotopic (exact) mass is 337 g/mol. The fourth-order valence-corrected chi connectivity index (χ4v) is 2.92. The van der Waals surface area contributed by atoms with Gasteiger partial charge >= 0.3 is 0 Å². The third-order valence-electron chi connectivity index (χ3n) is 3.62. The molecule has 0 spiro atoms. The summed E-state index contributed by atoms with van der Waals surface area (Å²) in [5, 5.41) is 3.08. The molecule has 3 nitrogen and oxygen atoms in total. The third-order valence-corrected chi connectivity index (χ3v) is 4.35. The van der Waals surface area contributed by atoms with Gasteiger partial charge in [0.25, 0.3) is 0 Å². The lowest BCUT2D eigenvalue weighted by atomic mass is 10.0. The fourth-order valence-electron chi connectivity index (χ4n) is 2.48. The summed E-state index contributed by atoms with van der Waals surface area (Å²) in [5.41, 5.74) is 2.67. The first-order valence-corrected chi connectivity index (χ1v) is 8.68. The van der Waals surface area contributed by atoms with E-state index >= 15 is 0 Å². The van der Waals surface area contributed by atoms with Gasteiger partial charge in [0.15, 0.2) is 0 Å². The summed E-state index contributed by atoms with van der Waals surface area (Å²) in [6.07, 6.45) is 7.30. The summed E-state index contributed by atoms with van der Waals surface area (Å²) in [5.74, 6) is 2.91. The number of nitrogens with one attached hydrogen (secondary N) is 1. The highest BCUT2D eigenvalue weighted by Crippen LogP contribution is 2.30. The van der Waals surface area contributed by atoms with Crippen molar-refractivity contribution in [3.05, 3.63) is 59.4 Å². The Hall–Kier alpha value is -2.58. The molecule has 1 N–H and O–H groups in total. The van der Waals surface area contributed by atoms with Crippen LogP contribution in [0.4, 0.5) is 10.1 Å². The number of aliphatic imine (C=N–C) groups is 2. The Bertz CT molecular complexity index is 865. The number of thioether (sulfide) groups is 1. The van der Waals surface area contributed by atoms with E-state index in [2.05, 4.69) is 21.2 Å². The molecule has 0 radical (unpaired) electrons. The minimum atomic E-state index is -0.295. The molecule has 24 heavy (non-hydrogen) atoms. The molecule has 0 amide bonds. The molecule has 2 aromatic rings. The second-order valence-corrected chi connectivity index (χ2v) is 6.02. The molecule has 0 aromatic heterocycles. The van der Waals surface area contributed by atoms with Crippen molar-refractivity contribution >= 4 is 29.0 Å². The van der Waals surface area contributed by atoms with E-state index in [1.807, 2.05) is 30.5 Å². The van der Waals surface area contributed by atoms with Crippen molar-refractivity contribution in [1.29, 1.82) is 0 Å². The van der Waals surface area contributed by atoms with Crippen LogP contribution in [0.25, 0.3) is 0 Å². The molecule has 0 bridgehead atoms. The Labute approximate surface area is 145 Å². The topological polar surface area (TPSA) is 36.8 Å². The van der Waals surface area contributed by atoms with Gasteiger partial charge in [0.05, 0.1) is 24.5 Å². The summed E-state index contributed by atoms with van der Waals surface area (Å²) >= 11 is 1.63. The molecule has 0 atom stereocenters. The van der Waals surface area contributed by atoms with Crippen molar-refractivity contribution in [3.63, 3.8) is 0 Å². The van der Waals surface area contributed by atoms with E-state index in [9.17, 15) is 4.39 Å². The van der Waals surface area contributed by atoms with Gasteiger partial charge in [0, 0.05) is 16.0 Å². The van der Waals surface area contributed by atoms with Crippen molar-refractivity contribution in [2.24, 2.45) is 9.98 Å². The number of halogens is 1. The van der Waals surface area contributed by atoms with Gasteiger partial charge in [-0.15, -0.1) is 18.2 Å². The van der Waals surface area contributed by atoms with E-state index in [4.69, 9.17) is 6.42 Å². The molecule has 1 heterocycles. The van der Waals surface area contributed by atoms with E-state index < -0.39 is 0 Å². The molecule has 0 saturated heterocycles. The SMILES string of the molecule is C#CCNC1=Nc2ccc(SC)cc2C(c2ccccc2F)=NC1. The van der Waals surface area contributed by atoms with Crippen LogP contribution in [0, 0.1) is 18.2 Å². The van der Waals surface area contributed by atoms with E-state index in [-0.39, 0.29) is 5.82 Å². The minimum absolute atomic E-state index is 0.295. The summed E-state index contributed by atoms with van der Waals surface area (Å²) in [6, 6.07) is 12.6. The van der Waals surface area contributed by atoms with E-state index in [1.54, 1.807) is 23.9 Å². The summed E-state index contributed by atoms with van der Waals surface area (Å²) in [4.78, 5) is 10.3. The largest absolute Gasteiger partial charge is 0.361 e. The first-order chi connectivity index (χ1) is 11.7. The van der Waals surface area contributed by atoms with Crippen LogP contribution < -0.4 is 5.32 Å². The average molecular weight is 337 g/mol. The maximum atomic E-state index is 14.3. The molecule has 1 aliphatic heterocycles. The number of benzene rings is 2. The van der Waals surface area contributed by atoms with Gasteiger partial charge in [-0.3, -0.25) is 4.99 Å². The van der Waals surface area contributed by atoms with Gasteiger partial charge in [-0.25, -0.2) is 9.38 Å². The van der Waals surface area contributed by atoms with Crippen molar-refractivity contribution in [2.75, 3.05) is 19.3 Å². The van der Waals surface area contributed by atoms with E-state index in [0.29, 0.717) is 30.2 Å². The van der Waals surface area contributed by atoms with E-state index in [1.165, 1.54) is 6.07 Å². The quantitative estimate of drug-likeness (QED) is 0.686. The Morgan fingerprint density at radius 3 is 2.83 bits per heavy atom. The minimum Gasteiger partial charge on any atom is -0.361 e. The Kier molecular flexibility index (Phi) is 4.97. The molecule has 0 aliphatic carbocycles. The fraction of sp³-hybridized carbons (Fsp3) is 0.158. The van der Waals surface area contributed by atoms with Crippen molar-refractivity contribution in [1.82, 2.24) is 5.32 Å². The zero-order chi connectivity index (χ0) is 16.9. The molecular weight excluding hydrogens is 321 g/mol. The lowest BCUT2D eigenvalue weighted by Gasteiger charge is -2.10. The standard InChI is InChI=1S/C19H16FN3S/c1-3-10-21-18-12-22-19(14-6-4-5-7-16(14)20)15-11-13(24-2)8-9-17(15)23-18/h1,4-9,11H,10,12H2,2H3,(H,21,23). The molecule has 1 aliphatic rings. The maximum absolute atomic E-state index is 14.3. The van der Waals surface area contributed by atoms with Gasteiger partial charge in [-0.1, -0.05) is 18.1 Å². The van der Waals surface area contributed by atoms with Crippen LogP contribution in [0.1, 0.15) is 11.1 Å². The van der Waals surface area contributed by atoms with E-state index in [0.717, 1.165) is 16.1 Å². The maximum Gasteiger partial charge on any atom is 0.132 e. The van der Waals surface area contributed by atoms with Crippen LogP contribution in [0.15, 0.2) is 57.3 Å². The van der Waals surface area contributed by atoms with Gasteiger partial charge in [-0.05, 0) is 36.6 Å². The first-order valence-electron chi connectivity index (χ1n) is 7.45. The first kappa shape index (κ1) is 16.3. The van der Waals surface area contributed by atoms with Crippen LogP contribution in [0.3, 0.4) is 0 Å². The molecular formula is C19H16FN3S. The highest BCUT2D eigenvalue weighted by atomic mass is 32.2. The number of fused-ring (bicyclic) bond motifs is 1. The van der Waals surface area contributed by atoms with Gasteiger partial charge in [0.2, 0.25) is 0 Å². The highest BCUT2D eigenvalue weighted by Gasteiger charge is 2.19. The summed E-state index contributed by atoms with van der Waals surface area (Å²) in [6.45, 7) is 0.705. The lowest BCUT2D eigenvalue weighted by Crippen LogP contribution is -2.26. The van der Waals surface area contributed by atoms with Crippen molar-refractivity contribution in [2.45, 2.75) is 4.90 Å². The normalized spacial score (nSPS) is 13.2. The van der Waals surface area contributed by atoms with Crippen molar-refractivity contribution < 1.29 is 4.39 Å². The summed E-state index contributed by atoms with van der Waals surface area (Å²) in [7, 11) is 0. The lowest BCUT2D eigenvalue weighted by molar-refractivity contribution is 0.625. The zero-order valence-electron chi connectivity index (χ0n) is 13.2. The molecule has 2 aromatic carbocycles. The zero-order valence-corrected chi connectivity index (χ0v) is 14.0. The van der Waals surface area contributed by atoms with Crippen LogP contribution in [0.2, 0.25) is 0 Å².